The van der Waals surface area contributed by atoms with Crippen LogP contribution in [0.1, 0.15) is 18.4 Å². The summed E-state index contributed by atoms with van der Waals surface area (Å²) < 4.78 is 1.48. The first-order valence-electron chi connectivity index (χ1n) is 10.9. The average molecular weight is 519 g/mol. The minimum Gasteiger partial charge on any atom is -0.480 e. The van der Waals surface area contributed by atoms with Crippen molar-refractivity contribution in [2.24, 2.45) is 0 Å². The van der Waals surface area contributed by atoms with E-state index >= 15 is 0 Å². The average Bonchev–Trinajstić information content (AvgIpc) is 3.28. The van der Waals surface area contributed by atoms with Crippen molar-refractivity contribution >= 4 is 46.7 Å². The first-order chi connectivity index (χ1) is 16.8. The van der Waals surface area contributed by atoms with Crippen molar-refractivity contribution in [2.45, 2.75) is 38.0 Å². The van der Waals surface area contributed by atoms with Crippen LogP contribution in [0.3, 0.4) is 0 Å². The molecule has 1 amide bonds. The summed E-state index contributed by atoms with van der Waals surface area (Å²) >= 11 is 12.4. The van der Waals surface area contributed by atoms with Gasteiger partial charge >= 0.3 is 5.97 Å². The number of piperidine rings is 1. The van der Waals surface area contributed by atoms with Crippen LogP contribution in [0, 0.1) is 0 Å². The van der Waals surface area contributed by atoms with Gasteiger partial charge in [-0.05, 0) is 31.5 Å². The second-order valence-electron chi connectivity index (χ2n) is 8.10. The number of aromatic nitrogens is 4. The van der Waals surface area contributed by atoms with Gasteiger partial charge in [0.1, 0.15) is 12.6 Å². The van der Waals surface area contributed by atoms with Crippen LogP contribution in [0.25, 0.3) is 11.3 Å². The molecule has 6 N–H and O–H groups in total. The SMILES string of the molecule is Nc1ncc(-c2cnn(CC(=O)NC3CCN[C@@H](C(=O)O)C3)c2)nc1NCc1c(Cl)cccc1Cl. The van der Waals surface area contributed by atoms with Crippen molar-refractivity contribution < 1.29 is 14.7 Å². The molecule has 1 aliphatic heterocycles. The maximum Gasteiger partial charge on any atom is 0.320 e. The summed E-state index contributed by atoms with van der Waals surface area (Å²) in [6.45, 7) is 0.822. The van der Waals surface area contributed by atoms with E-state index in [1.165, 1.54) is 10.9 Å². The van der Waals surface area contributed by atoms with E-state index in [1.54, 1.807) is 30.6 Å². The van der Waals surface area contributed by atoms with Gasteiger partial charge in [-0.2, -0.15) is 5.10 Å². The fourth-order valence-corrected chi connectivity index (χ4v) is 4.31. The van der Waals surface area contributed by atoms with E-state index in [2.05, 4.69) is 31.0 Å². The van der Waals surface area contributed by atoms with Gasteiger partial charge < -0.3 is 26.8 Å². The van der Waals surface area contributed by atoms with Gasteiger partial charge in [0.25, 0.3) is 0 Å². The first-order valence-corrected chi connectivity index (χ1v) is 11.6. The quantitative estimate of drug-likeness (QED) is 0.301. The van der Waals surface area contributed by atoms with E-state index in [0.717, 1.165) is 0 Å². The number of anilines is 2. The van der Waals surface area contributed by atoms with Crippen LogP contribution in [0.5, 0.6) is 0 Å². The highest BCUT2D eigenvalue weighted by molar-refractivity contribution is 6.36. The summed E-state index contributed by atoms with van der Waals surface area (Å²) in [6.07, 6.45) is 5.77. The number of aliphatic carboxylic acids is 1. The molecule has 3 heterocycles. The van der Waals surface area contributed by atoms with Crippen LogP contribution in [0.15, 0.2) is 36.8 Å². The molecule has 1 unspecified atom stereocenters. The Kier molecular flexibility index (Phi) is 7.69. The summed E-state index contributed by atoms with van der Waals surface area (Å²) in [7, 11) is 0. The molecular formula is C22H24Cl2N8O3. The Balaban J connectivity index is 1.39. The van der Waals surface area contributed by atoms with Crippen molar-refractivity contribution in [3.8, 4) is 11.3 Å². The zero-order valence-corrected chi connectivity index (χ0v) is 20.1. The zero-order chi connectivity index (χ0) is 24.9. The summed E-state index contributed by atoms with van der Waals surface area (Å²) in [6, 6.07) is 4.39. The lowest BCUT2D eigenvalue weighted by atomic mass is 9.99. The maximum atomic E-state index is 12.5. The first kappa shape index (κ1) is 24.7. The topological polar surface area (TPSA) is 160 Å². The minimum absolute atomic E-state index is 0.0137. The molecule has 184 valence electrons. The number of carboxylic acid groups (broad SMARTS) is 1. The van der Waals surface area contributed by atoms with Crippen molar-refractivity contribution in [2.75, 3.05) is 17.6 Å². The van der Waals surface area contributed by atoms with Crippen molar-refractivity contribution in [3.05, 3.63) is 52.4 Å². The third-order valence-electron chi connectivity index (χ3n) is 5.60. The fourth-order valence-electron chi connectivity index (χ4n) is 3.78. The molecule has 0 radical (unpaired) electrons. The molecule has 4 rings (SSSR count). The maximum absolute atomic E-state index is 12.5. The third-order valence-corrected chi connectivity index (χ3v) is 6.30. The Morgan fingerprint density at radius 1 is 1.26 bits per heavy atom. The molecule has 0 saturated carbocycles. The van der Waals surface area contributed by atoms with Gasteiger partial charge in [-0.3, -0.25) is 14.3 Å². The molecule has 1 fully saturated rings. The number of rotatable bonds is 8. The lowest BCUT2D eigenvalue weighted by molar-refractivity contribution is -0.140. The number of benzene rings is 1. The molecule has 11 nitrogen and oxygen atoms in total. The standard InChI is InChI=1S/C22H24Cl2N8O3/c23-15-2-1-3-16(24)14(15)8-28-21-20(25)27-9-18(31-21)12-7-29-32(10-12)11-19(33)30-13-4-5-26-17(6-13)22(34)35/h1-3,7,9-10,13,17,26H,4-6,8,11H2,(H2,25,27)(H,28,31)(H,30,33)(H,34,35)/t13?,17-/m1/s1. The van der Waals surface area contributed by atoms with Gasteiger partial charge in [-0.25, -0.2) is 9.97 Å². The van der Waals surface area contributed by atoms with Gasteiger partial charge in [0.05, 0.1) is 18.1 Å². The summed E-state index contributed by atoms with van der Waals surface area (Å²) in [5, 5.41) is 23.4. The van der Waals surface area contributed by atoms with Crippen LogP contribution in [0.4, 0.5) is 11.6 Å². The number of carboxylic acids is 1. The van der Waals surface area contributed by atoms with Gasteiger partial charge in [0.2, 0.25) is 5.91 Å². The molecule has 2 atom stereocenters. The lowest BCUT2D eigenvalue weighted by Gasteiger charge is -2.28. The normalized spacial score (nSPS) is 17.7. The van der Waals surface area contributed by atoms with Crippen LogP contribution >= 0.6 is 23.2 Å². The molecule has 1 aliphatic rings. The van der Waals surface area contributed by atoms with E-state index in [1.807, 2.05) is 0 Å². The molecule has 0 aliphatic carbocycles. The molecular weight excluding hydrogens is 495 g/mol. The molecule has 2 aromatic heterocycles. The molecule has 1 aromatic carbocycles. The molecule has 13 heteroatoms. The van der Waals surface area contributed by atoms with Gasteiger partial charge in [0.15, 0.2) is 11.6 Å². The van der Waals surface area contributed by atoms with Gasteiger partial charge in [-0.1, -0.05) is 29.3 Å². The Hall–Kier alpha value is -3.41. The fraction of sp³-hybridized carbons (Fsp3) is 0.318. The molecule has 0 spiro atoms. The third kappa shape index (κ3) is 6.18. The van der Waals surface area contributed by atoms with Crippen molar-refractivity contribution in [1.82, 2.24) is 30.4 Å². The number of nitrogens with one attached hydrogen (secondary N) is 3. The van der Waals surface area contributed by atoms with Crippen LogP contribution in [-0.2, 0) is 22.7 Å². The smallest absolute Gasteiger partial charge is 0.320 e. The number of carbonyl (C=O) groups is 2. The van der Waals surface area contributed by atoms with Crippen LogP contribution < -0.4 is 21.7 Å². The van der Waals surface area contributed by atoms with Gasteiger partial charge in [-0.15, -0.1) is 0 Å². The van der Waals surface area contributed by atoms with E-state index in [0.29, 0.717) is 58.6 Å². The lowest BCUT2D eigenvalue weighted by Crippen LogP contribution is -2.51. The molecule has 1 saturated heterocycles. The summed E-state index contributed by atoms with van der Waals surface area (Å²) in [5.41, 5.74) is 7.86. The monoisotopic (exact) mass is 518 g/mol. The van der Waals surface area contributed by atoms with E-state index in [-0.39, 0.29) is 24.3 Å². The number of carbonyl (C=O) groups excluding carboxylic acids is 1. The van der Waals surface area contributed by atoms with Crippen LogP contribution in [-0.4, -0.2) is 55.4 Å². The largest absolute Gasteiger partial charge is 0.480 e. The summed E-state index contributed by atoms with van der Waals surface area (Å²) in [4.78, 5) is 32.4. The van der Waals surface area contributed by atoms with E-state index in [9.17, 15) is 9.59 Å². The minimum atomic E-state index is -0.922. The number of amides is 1. The van der Waals surface area contributed by atoms with E-state index in [4.69, 9.17) is 34.0 Å². The Morgan fingerprint density at radius 2 is 2.03 bits per heavy atom. The molecule has 3 aromatic rings. The predicted octanol–water partition coefficient (Wildman–Crippen LogP) is 2.16. The number of hydrogen-bond acceptors (Lipinski definition) is 8. The zero-order valence-electron chi connectivity index (χ0n) is 18.5. The number of hydrogen-bond donors (Lipinski definition) is 5. The molecule has 0 bridgehead atoms. The highest BCUT2D eigenvalue weighted by Crippen LogP contribution is 2.26. The number of nitrogens with two attached hydrogens (primary N) is 1. The second-order valence-corrected chi connectivity index (χ2v) is 8.92. The van der Waals surface area contributed by atoms with Crippen molar-refractivity contribution in [3.63, 3.8) is 0 Å². The number of nitrogen functional groups attached to an aromatic ring is 1. The Morgan fingerprint density at radius 3 is 2.77 bits per heavy atom. The predicted molar refractivity (Wildman–Crippen MR) is 132 cm³/mol. The Bertz CT molecular complexity index is 1210. The number of nitrogens with zero attached hydrogens (tertiary/aromatic N) is 4. The van der Waals surface area contributed by atoms with Gasteiger partial charge in [0, 0.05) is 40.0 Å². The van der Waals surface area contributed by atoms with Crippen LogP contribution in [0.2, 0.25) is 10.0 Å². The Labute approximate surface area is 211 Å². The number of halogens is 2. The summed E-state index contributed by atoms with van der Waals surface area (Å²) in [5.74, 6) is -0.597. The van der Waals surface area contributed by atoms with E-state index < -0.39 is 12.0 Å². The van der Waals surface area contributed by atoms with Crippen molar-refractivity contribution in [1.29, 1.82) is 0 Å². The highest BCUT2D eigenvalue weighted by Gasteiger charge is 2.27. The highest BCUT2D eigenvalue weighted by atomic mass is 35.5. The second kappa shape index (κ2) is 10.9. The molecule has 35 heavy (non-hydrogen) atoms.